The Labute approximate surface area is 101 Å². The van der Waals surface area contributed by atoms with Gasteiger partial charge in [0.2, 0.25) is 0 Å². The molecule has 0 aliphatic carbocycles. The van der Waals surface area contributed by atoms with Gasteiger partial charge < -0.3 is 9.52 Å². The van der Waals surface area contributed by atoms with Gasteiger partial charge in [-0.05, 0) is 24.3 Å². The minimum atomic E-state index is -0.971. The Morgan fingerprint density at radius 1 is 1.39 bits per heavy atom. The summed E-state index contributed by atoms with van der Waals surface area (Å²) >= 11 is 0. The van der Waals surface area contributed by atoms with Gasteiger partial charge in [-0.25, -0.2) is 9.48 Å². The van der Waals surface area contributed by atoms with Crippen LogP contribution < -0.4 is 0 Å². The van der Waals surface area contributed by atoms with Crippen LogP contribution in [0.3, 0.4) is 0 Å². The standard InChI is InChI=1S/C12H9N3O3/c16-12(17)9-1-2-11-10(5-9)13-14-15(11)6-8-3-4-18-7-8/h1-5,7H,6H2,(H,16,17). The van der Waals surface area contributed by atoms with Crippen LogP contribution in [0, 0.1) is 0 Å². The van der Waals surface area contributed by atoms with Crippen LogP contribution in [0.15, 0.2) is 41.2 Å². The third kappa shape index (κ3) is 1.73. The van der Waals surface area contributed by atoms with Gasteiger partial charge >= 0.3 is 5.97 Å². The molecule has 6 heteroatoms. The largest absolute Gasteiger partial charge is 0.478 e. The molecule has 1 N–H and O–H groups in total. The van der Waals surface area contributed by atoms with E-state index in [1.165, 1.54) is 6.07 Å². The lowest BCUT2D eigenvalue weighted by molar-refractivity contribution is 0.0697. The fourth-order valence-corrected chi connectivity index (χ4v) is 1.78. The van der Waals surface area contributed by atoms with Crippen molar-refractivity contribution < 1.29 is 14.3 Å². The molecule has 2 heterocycles. The van der Waals surface area contributed by atoms with Crippen LogP contribution in [-0.4, -0.2) is 26.1 Å². The first-order valence-corrected chi connectivity index (χ1v) is 5.31. The summed E-state index contributed by atoms with van der Waals surface area (Å²) in [5, 5.41) is 16.9. The van der Waals surface area contributed by atoms with Crippen LogP contribution in [0.25, 0.3) is 11.0 Å². The molecule has 0 atom stereocenters. The molecule has 0 radical (unpaired) electrons. The smallest absolute Gasteiger partial charge is 0.335 e. The van der Waals surface area contributed by atoms with Gasteiger partial charge in [-0.1, -0.05) is 5.21 Å². The monoisotopic (exact) mass is 243 g/mol. The molecule has 3 rings (SSSR count). The Balaban J connectivity index is 2.02. The van der Waals surface area contributed by atoms with Gasteiger partial charge in [0.05, 0.1) is 30.2 Å². The predicted octanol–water partition coefficient (Wildman–Crippen LogP) is 1.77. The van der Waals surface area contributed by atoms with E-state index in [0.717, 1.165) is 11.1 Å². The van der Waals surface area contributed by atoms with Crippen LogP contribution in [-0.2, 0) is 6.54 Å². The van der Waals surface area contributed by atoms with E-state index in [4.69, 9.17) is 9.52 Å². The van der Waals surface area contributed by atoms with Crippen LogP contribution in [0.2, 0.25) is 0 Å². The van der Waals surface area contributed by atoms with Gasteiger partial charge in [0.1, 0.15) is 5.52 Å². The Kier molecular flexibility index (Phi) is 2.33. The number of carboxylic acid groups (broad SMARTS) is 1. The summed E-state index contributed by atoms with van der Waals surface area (Å²) in [7, 11) is 0. The third-order valence-electron chi connectivity index (χ3n) is 2.67. The summed E-state index contributed by atoms with van der Waals surface area (Å²) in [4.78, 5) is 10.8. The highest BCUT2D eigenvalue weighted by Gasteiger charge is 2.09. The zero-order valence-corrected chi connectivity index (χ0v) is 9.28. The summed E-state index contributed by atoms with van der Waals surface area (Å²) in [5.41, 5.74) is 2.54. The molecular formula is C12H9N3O3. The summed E-state index contributed by atoms with van der Waals surface area (Å²) in [5.74, 6) is -0.971. The zero-order valence-electron chi connectivity index (χ0n) is 9.28. The highest BCUT2D eigenvalue weighted by atomic mass is 16.4. The number of aromatic nitrogens is 3. The molecule has 0 spiro atoms. The number of aromatic carboxylic acids is 1. The average molecular weight is 243 g/mol. The fraction of sp³-hybridized carbons (Fsp3) is 0.0833. The SMILES string of the molecule is O=C(O)c1ccc2c(c1)nnn2Cc1ccoc1. The Hall–Kier alpha value is -2.63. The average Bonchev–Trinajstić information content (AvgIpc) is 2.99. The molecule has 90 valence electrons. The predicted molar refractivity (Wildman–Crippen MR) is 62.3 cm³/mol. The molecule has 0 saturated carbocycles. The molecule has 18 heavy (non-hydrogen) atoms. The first-order chi connectivity index (χ1) is 8.74. The van der Waals surface area contributed by atoms with Crippen molar-refractivity contribution in [2.24, 2.45) is 0 Å². The number of carboxylic acids is 1. The number of benzene rings is 1. The van der Waals surface area contributed by atoms with E-state index >= 15 is 0 Å². The number of rotatable bonds is 3. The quantitative estimate of drug-likeness (QED) is 0.758. The molecule has 6 nitrogen and oxygen atoms in total. The number of furan rings is 1. The van der Waals surface area contributed by atoms with Gasteiger partial charge in [-0.2, -0.15) is 0 Å². The number of fused-ring (bicyclic) bond motifs is 1. The fourth-order valence-electron chi connectivity index (χ4n) is 1.78. The molecule has 0 saturated heterocycles. The third-order valence-corrected chi connectivity index (χ3v) is 2.67. The summed E-state index contributed by atoms with van der Waals surface area (Å²) in [6.45, 7) is 0.541. The number of hydrogen-bond donors (Lipinski definition) is 1. The number of nitrogens with zero attached hydrogens (tertiary/aromatic N) is 3. The Morgan fingerprint density at radius 3 is 3.00 bits per heavy atom. The van der Waals surface area contributed by atoms with Crippen LogP contribution in [0.1, 0.15) is 15.9 Å². The van der Waals surface area contributed by atoms with E-state index in [1.54, 1.807) is 29.3 Å². The first-order valence-electron chi connectivity index (χ1n) is 5.31. The lowest BCUT2D eigenvalue weighted by Crippen LogP contribution is -2.01. The number of hydrogen-bond acceptors (Lipinski definition) is 4. The van der Waals surface area contributed by atoms with E-state index in [9.17, 15) is 4.79 Å². The summed E-state index contributed by atoms with van der Waals surface area (Å²) in [6, 6.07) is 6.61. The Bertz CT molecular complexity index is 701. The van der Waals surface area contributed by atoms with Crippen molar-refractivity contribution in [1.82, 2.24) is 15.0 Å². The van der Waals surface area contributed by atoms with Gasteiger partial charge in [0, 0.05) is 5.56 Å². The van der Waals surface area contributed by atoms with Crippen molar-refractivity contribution in [1.29, 1.82) is 0 Å². The van der Waals surface area contributed by atoms with Crippen molar-refractivity contribution >= 4 is 17.0 Å². The van der Waals surface area contributed by atoms with E-state index in [-0.39, 0.29) is 5.56 Å². The number of carbonyl (C=O) groups is 1. The van der Waals surface area contributed by atoms with Crippen molar-refractivity contribution in [3.8, 4) is 0 Å². The van der Waals surface area contributed by atoms with Crippen LogP contribution in [0.4, 0.5) is 0 Å². The molecule has 0 aliphatic heterocycles. The summed E-state index contributed by atoms with van der Waals surface area (Å²) < 4.78 is 6.69. The van der Waals surface area contributed by atoms with Crippen molar-refractivity contribution in [3.05, 3.63) is 47.9 Å². The maximum absolute atomic E-state index is 10.8. The van der Waals surface area contributed by atoms with Crippen LogP contribution in [0.5, 0.6) is 0 Å². The normalized spacial score (nSPS) is 10.9. The van der Waals surface area contributed by atoms with Gasteiger partial charge in [-0.3, -0.25) is 0 Å². The minimum Gasteiger partial charge on any atom is -0.478 e. The summed E-state index contributed by atoms with van der Waals surface area (Å²) in [6.07, 6.45) is 3.23. The van der Waals surface area contributed by atoms with Crippen LogP contribution >= 0.6 is 0 Å². The topological polar surface area (TPSA) is 81.1 Å². The van der Waals surface area contributed by atoms with E-state index in [0.29, 0.717) is 12.1 Å². The van der Waals surface area contributed by atoms with Crippen molar-refractivity contribution in [2.75, 3.05) is 0 Å². The molecule has 0 unspecified atom stereocenters. The first kappa shape index (κ1) is 10.5. The second-order valence-electron chi connectivity index (χ2n) is 3.89. The molecule has 3 aromatic rings. The lowest BCUT2D eigenvalue weighted by atomic mass is 10.2. The zero-order chi connectivity index (χ0) is 12.5. The second-order valence-corrected chi connectivity index (χ2v) is 3.89. The van der Waals surface area contributed by atoms with Gasteiger partial charge in [0.25, 0.3) is 0 Å². The van der Waals surface area contributed by atoms with E-state index in [2.05, 4.69) is 10.3 Å². The lowest BCUT2D eigenvalue weighted by Gasteiger charge is -1.99. The van der Waals surface area contributed by atoms with Crippen molar-refractivity contribution in [2.45, 2.75) is 6.54 Å². The molecule has 2 aromatic heterocycles. The highest BCUT2D eigenvalue weighted by molar-refractivity contribution is 5.92. The van der Waals surface area contributed by atoms with Gasteiger partial charge in [0.15, 0.2) is 0 Å². The highest BCUT2D eigenvalue weighted by Crippen LogP contribution is 2.15. The second kappa shape index (κ2) is 3.99. The van der Waals surface area contributed by atoms with E-state index < -0.39 is 5.97 Å². The molecular weight excluding hydrogens is 234 g/mol. The Morgan fingerprint density at radius 2 is 2.28 bits per heavy atom. The molecule has 1 aromatic carbocycles. The minimum absolute atomic E-state index is 0.206. The molecule has 0 amide bonds. The van der Waals surface area contributed by atoms with E-state index in [1.807, 2.05) is 6.07 Å². The van der Waals surface area contributed by atoms with Crippen molar-refractivity contribution in [3.63, 3.8) is 0 Å². The van der Waals surface area contributed by atoms with Gasteiger partial charge in [-0.15, -0.1) is 5.10 Å². The molecule has 0 fully saturated rings. The molecule has 0 aliphatic rings. The molecule has 0 bridgehead atoms. The maximum Gasteiger partial charge on any atom is 0.335 e. The maximum atomic E-state index is 10.8.